The first kappa shape index (κ1) is 15.8. The number of nitrogens with zero attached hydrogens (tertiary/aromatic N) is 1. The molecule has 2 aromatic heterocycles. The number of thiophene rings is 1. The molecular weight excluding hydrogens is 330 g/mol. The lowest BCUT2D eigenvalue weighted by molar-refractivity contribution is 0.103. The maximum absolute atomic E-state index is 12.5. The first-order chi connectivity index (χ1) is 11.1. The highest BCUT2D eigenvalue weighted by atomic mass is 35.5. The van der Waals surface area contributed by atoms with Crippen molar-refractivity contribution in [2.45, 2.75) is 19.8 Å². The number of pyridine rings is 1. The van der Waals surface area contributed by atoms with E-state index in [9.17, 15) is 4.79 Å². The van der Waals surface area contributed by atoms with Gasteiger partial charge in [0.15, 0.2) is 0 Å². The molecule has 3 rings (SSSR count). The van der Waals surface area contributed by atoms with Gasteiger partial charge in [0.1, 0.15) is 9.71 Å². The summed E-state index contributed by atoms with van der Waals surface area (Å²) in [7, 11) is 0. The van der Waals surface area contributed by atoms with E-state index in [1.807, 2.05) is 12.1 Å². The van der Waals surface area contributed by atoms with Crippen molar-refractivity contribution in [3.8, 4) is 0 Å². The molecule has 0 radical (unpaired) electrons. The lowest BCUT2D eigenvalue weighted by Gasteiger charge is -2.04. The molecule has 0 fully saturated rings. The van der Waals surface area contributed by atoms with Crippen LogP contribution in [0.2, 0.25) is 5.02 Å². The Morgan fingerprint density at radius 2 is 2.17 bits per heavy atom. The third kappa shape index (κ3) is 3.30. The van der Waals surface area contributed by atoms with Crippen LogP contribution in [0.5, 0.6) is 0 Å². The minimum absolute atomic E-state index is 0.246. The third-order valence-corrected chi connectivity index (χ3v) is 4.80. The van der Waals surface area contributed by atoms with E-state index in [2.05, 4.69) is 17.2 Å². The number of nitrogens with two attached hydrogens (primary N) is 1. The topological polar surface area (TPSA) is 68.0 Å². The number of aryl methyl sites for hydroxylation is 1. The SMILES string of the molecule is CCCc1ccc2c(N)c(C(=O)Nc3cccc(Cl)c3)sc2n1. The average Bonchev–Trinajstić information content (AvgIpc) is 2.84. The fourth-order valence-corrected chi connectivity index (χ4v) is 3.55. The molecule has 0 bridgehead atoms. The second-order valence-corrected chi connectivity index (χ2v) is 6.65. The van der Waals surface area contributed by atoms with E-state index in [1.54, 1.807) is 24.3 Å². The molecule has 3 N–H and O–H groups in total. The van der Waals surface area contributed by atoms with Gasteiger partial charge in [0.2, 0.25) is 0 Å². The number of halogens is 1. The number of carbonyl (C=O) groups excluding carboxylic acids is 1. The largest absolute Gasteiger partial charge is 0.397 e. The summed E-state index contributed by atoms with van der Waals surface area (Å²) in [5, 5.41) is 4.21. The smallest absolute Gasteiger partial charge is 0.267 e. The van der Waals surface area contributed by atoms with Crippen LogP contribution in [0.15, 0.2) is 36.4 Å². The molecule has 23 heavy (non-hydrogen) atoms. The second-order valence-electron chi connectivity index (χ2n) is 5.21. The molecule has 0 atom stereocenters. The predicted molar refractivity (Wildman–Crippen MR) is 97.4 cm³/mol. The van der Waals surface area contributed by atoms with Crippen LogP contribution in [0.25, 0.3) is 10.2 Å². The number of benzene rings is 1. The summed E-state index contributed by atoms with van der Waals surface area (Å²) >= 11 is 7.25. The average molecular weight is 346 g/mol. The number of nitrogen functional groups attached to an aromatic ring is 1. The number of anilines is 2. The van der Waals surface area contributed by atoms with Crippen molar-refractivity contribution in [3.05, 3.63) is 52.0 Å². The second kappa shape index (κ2) is 6.56. The van der Waals surface area contributed by atoms with Gasteiger partial charge >= 0.3 is 0 Å². The van der Waals surface area contributed by atoms with Crippen LogP contribution >= 0.6 is 22.9 Å². The van der Waals surface area contributed by atoms with Crippen molar-refractivity contribution in [3.63, 3.8) is 0 Å². The molecule has 2 heterocycles. The number of carbonyl (C=O) groups is 1. The molecular formula is C17H16ClN3OS. The fraction of sp³-hybridized carbons (Fsp3) is 0.176. The summed E-state index contributed by atoms with van der Waals surface area (Å²) in [6, 6.07) is 10.9. The van der Waals surface area contributed by atoms with Crippen LogP contribution in [0, 0.1) is 0 Å². The van der Waals surface area contributed by atoms with E-state index in [-0.39, 0.29) is 5.91 Å². The van der Waals surface area contributed by atoms with Crippen molar-refractivity contribution >= 4 is 50.4 Å². The summed E-state index contributed by atoms with van der Waals surface area (Å²) in [6.45, 7) is 2.11. The molecule has 4 nitrogen and oxygen atoms in total. The molecule has 0 spiro atoms. The Balaban J connectivity index is 1.92. The van der Waals surface area contributed by atoms with E-state index in [4.69, 9.17) is 17.3 Å². The van der Waals surface area contributed by atoms with Crippen molar-refractivity contribution in [2.24, 2.45) is 0 Å². The van der Waals surface area contributed by atoms with Gasteiger partial charge in [0.05, 0.1) is 5.69 Å². The summed E-state index contributed by atoms with van der Waals surface area (Å²) in [4.78, 5) is 18.3. The van der Waals surface area contributed by atoms with Crippen molar-refractivity contribution < 1.29 is 4.79 Å². The fourth-order valence-electron chi connectivity index (χ4n) is 2.35. The Labute approximate surface area is 143 Å². The van der Waals surface area contributed by atoms with Crippen LogP contribution < -0.4 is 11.1 Å². The molecule has 0 saturated heterocycles. The Morgan fingerprint density at radius 3 is 2.91 bits per heavy atom. The van der Waals surface area contributed by atoms with Crippen LogP contribution in [0.4, 0.5) is 11.4 Å². The monoisotopic (exact) mass is 345 g/mol. The Morgan fingerprint density at radius 1 is 1.35 bits per heavy atom. The molecule has 1 amide bonds. The van der Waals surface area contributed by atoms with Gasteiger partial charge in [0, 0.05) is 21.8 Å². The summed E-state index contributed by atoms with van der Waals surface area (Å²) in [6.07, 6.45) is 1.94. The van der Waals surface area contributed by atoms with Crippen LogP contribution in [0.1, 0.15) is 28.7 Å². The summed E-state index contributed by atoms with van der Waals surface area (Å²) < 4.78 is 0. The first-order valence-electron chi connectivity index (χ1n) is 7.33. The maximum atomic E-state index is 12.5. The highest BCUT2D eigenvalue weighted by Gasteiger charge is 2.17. The first-order valence-corrected chi connectivity index (χ1v) is 8.52. The van der Waals surface area contributed by atoms with E-state index in [0.29, 0.717) is 21.3 Å². The number of amides is 1. The number of aromatic nitrogens is 1. The zero-order valence-electron chi connectivity index (χ0n) is 12.6. The lowest BCUT2D eigenvalue weighted by Crippen LogP contribution is -2.11. The molecule has 118 valence electrons. The van der Waals surface area contributed by atoms with Gasteiger partial charge in [-0.3, -0.25) is 4.79 Å². The van der Waals surface area contributed by atoms with Crippen LogP contribution in [-0.2, 0) is 6.42 Å². The van der Waals surface area contributed by atoms with Gasteiger partial charge in [-0.25, -0.2) is 4.98 Å². The van der Waals surface area contributed by atoms with Crippen LogP contribution in [0.3, 0.4) is 0 Å². The Hall–Kier alpha value is -2.11. The minimum Gasteiger partial charge on any atom is -0.397 e. The van der Waals surface area contributed by atoms with E-state index in [0.717, 1.165) is 28.8 Å². The van der Waals surface area contributed by atoms with Gasteiger partial charge in [-0.2, -0.15) is 0 Å². The number of fused-ring (bicyclic) bond motifs is 1. The van der Waals surface area contributed by atoms with Crippen molar-refractivity contribution in [2.75, 3.05) is 11.1 Å². The minimum atomic E-state index is -0.246. The number of nitrogens with one attached hydrogen (secondary N) is 1. The number of hydrogen-bond donors (Lipinski definition) is 2. The molecule has 6 heteroatoms. The van der Waals surface area contributed by atoms with Crippen molar-refractivity contribution in [1.29, 1.82) is 0 Å². The quantitative estimate of drug-likeness (QED) is 0.717. The standard InChI is InChI=1S/C17H16ClN3OS/c1-2-4-11-7-8-13-14(19)15(23-17(13)21-11)16(22)20-12-6-3-5-10(18)9-12/h3,5-9H,2,4,19H2,1H3,(H,20,22). The highest BCUT2D eigenvalue weighted by Crippen LogP contribution is 2.33. The van der Waals surface area contributed by atoms with Gasteiger partial charge in [-0.15, -0.1) is 11.3 Å². The maximum Gasteiger partial charge on any atom is 0.267 e. The molecule has 0 aliphatic rings. The van der Waals surface area contributed by atoms with Gasteiger partial charge < -0.3 is 11.1 Å². The third-order valence-electron chi connectivity index (χ3n) is 3.45. The molecule has 0 aliphatic carbocycles. The zero-order valence-corrected chi connectivity index (χ0v) is 14.2. The molecule has 0 aliphatic heterocycles. The van der Waals surface area contributed by atoms with Gasteiger partial charge in [0.25, 0.3) is 5.91 Å². The lowest BCUT2D eigenvalue weighted by atomic mass is 10.2. The summed E-state index contributed by atoms with van der Waals surface area (Å²) in [5.74, 6) is -0.246. The van der Waals surface area contributed by atoms with Gasteiger partial charge in [-0.05, 0) is 36.8 Å². The molecule has 3 aromatic rings. The highest BCUT2D eigenvalue weighted by molar-refractivity contribution is 7.21. The molecule has 0 unspecified atom stereocenters. The summed E-state index contributed by atoms with van der Waals surface area (Å²) in [5.41, 5.74) is 8.26. The number of rotatable bonds is 4. The van der Waals surface area contributed by atoms with E-state index >= 15 is 0 Å². The van der Waals surface area contributed by atoms with E-state index in [1.165, 1.54) is 11.3 Å². The molecule has 0 saturated carbocycles. The predicted octanol–water partition coefficient (Wildman–Crippen LogP) is 4.74. The number of hydrogen-bond acceptors (Lipinski definition) is 4. The van der Waals surface area contributed by atoms with Gasteiger partial charge in [-0.1, -0.05) is 31.0 Å². The Kier molecular flexibility index (Phi) is 4.50. The normalized spacial score (nSPS) is 10.9. The molecule has 1 aromatic carbocycles. The van der Waals surface area contributed by atoms with Crippen LogP contribution in [-0.4, -0.2) is 10.9 Å². The van der Waals surface area contributed by atoms with Crippen molar-refractivity contribution in [1.82, 2.24) is 4.98 Å². The van der Waals surface area contributed by atoms with E-state index < -0.39 is 0 Å². The zero-order chi connectivity index (χ0) is 16.4. The Bertz CT molecular complexity index is 875.